The molecule has 3 rings (SSSR count). The molecule has 0 fully saturated rings. The third-order valence-electron chi connectivity index (χ3n) is 4.33. The quantitative estimate of drug-likeness (QED) is 0.786. The molecule has 0 bridgehead atoms. The van der Waals surface area contributed by atoms with E-state index in [2.05, 4.69) is 15.6 Å². The van der Waals surface area contributed by atoms with E-state index in [-0.39, 0.29) is 11.8 Å². The molecular weight excluding hydrogens is 352 g/mol. The van der Waals surface area contributed by atoms with E-state index in [0.29, 0.717) is 23.8 Å². The van der Waals surface area contributed by atoms with Crippen LogP contribution in [0.2, 0.25) is 5.15 Å². The lowest BCUT2D eigenvalue weighted by Crippen LogP contribution is -2.51. The van der Waals surface area contributed by atoms with Crippen LogP contribution in [0.5, 0.6) is 0 Å². The molecule has 0 radical (unpaired) electrons. The average molecular weight is 373 g/mol. The number of halogens is 1. The number of aromatic nitrogens is 1. The molecule has 1 aliphatic heterocycles. The summed E-state index contributed by atoms with van der Waals surface area (Å²) in [6.07, 6.45) is 0.951. The average Bonchev–Trinajstić information content (AvgIpc) is 3.04. The van der Waals surface area contributed by atoms with E-state index in [1.54, 1.807) is 20.2 Å². The highest BCUT2D eigenvalue weighted by Crippen LogP contribution is 2.25. The van der Waals surface area contributed by atoms with Gasteiger partial charge in [0.1, 0.15) is 23.1 Å². The van der Waals surface area contributed by atoms with Gasteiger partial charge in [-0.05, 0) is 17.2 Å². The summed E-state index contributed by atoms with van der Waals surface area (Å²) in [6, 6.07) is 12.1. The Morgan fingerprint density at radius 3 is 2.69 bits per heavy atom. The van der Waals surface area contributed by atoms with Gasteiger partial charge in [-0.2, -0.15) is 0 Å². The predicted octanol–water partition coefficient (Wildman–Crippen LogP) is 1.89. The zero-order chi connectivity index (χ0) is 18.7. The van der Waals surface area contributed by atoms with Crippen LogP contribution in [0.15, 0.2) is 42.5 Å². The van der Waals surface area contributed by atoms with Crippen LogP contribution in [0, 0.1) is 0 Å². The SMILES string of the molecule is CN(C)C(=O)[C@H](Cc1ccccc1)NC(=O)C1Cc2ccc(Cl)nc2N1. The number of likely N-dealkylation sites (N-methyl/N-ethyl adjacent to an activating group) is 1. The molecule has 26 heavy (non-hydrogen) atoms. The Labute approximate surface area is 157 Å². The summed E-state index contributed by atoms with van der Waals surface area (Å²) in [5.41, 5.74) is 1.93. The van der Waals surface area contributed by atoms with Crippen molar-refractivity contribution in [3.63, 3.8) is 0 Å². The van der Waals surface area contributed by atoms with E-state index >= 15 is 0 Å². The fourth-order valence-corrected chi connectivity index (χ4v) is 3.13. The molecule has 136 valence electrons. The number of benzene rings is 1. The summed E-state index contributed by atoms with van der Waals surface area (Å²) in [4.78, 5) is 30.9. The fraction of sp³-hybridized carbons (Fsp3) is 0.316. The Bertz CT molecular complexity index is 810. The first-order valence-electron chi connectivity index (χ1n) is 8.41. The van der Waals surface area contributed by atoms with Crippen molar-refractivity contribution < 1.29 is 9.59 Å². The van der Waals surface area contributed by atoms with E-state index in [9.17, 15) is 9.59 Å². The fourth-order valence-electron chi connectivity index (χ4n) is 2.98. The minimum atomic E-state index is -0.623. The molecule has 7 heteroatoms. The number of nitrogens with one attached hydrogen (secondary N) is 2. The van der Waals surface area contributed by atoms with Crippen molar-refractivity contribution in [2.45, 2.75) is 24.9 Å². The minimum Gasteiger partial charge on any atom is -0.358 e. The highest BCUT2D eigenvalue weighted by atomic mass is 35.5. The second-order valence-corrected chi connectivity index (χ2v) is 6.91. The molecule has 1 aliphatic rings. The maximum Gasteiger partial charge on any atom is 0.244 e. The van der Waals surface area contributed by atoms with Gasteiger partial charge >= 0.3 is 0 Å². The summed E-state index contributed by atoms with van der Waals surface area (Å²) in [5.74, 6) is 0.255. The molecular formula is C19H21ClN4O2. The predicted molar refractivity (Wildman–Crippen MR) is 101 cm³/mol. The van der Waals surface area contributed by atoms with Gasteiger partial charge in [-0.1, -0.05) is 48.0 Å². The number of hydrogen-bond acceptors (Lipinski definition) is 4. The maximum atomic E-state index is 12.7. The van der Waals surface area contributed by atoms with Crippen molar-refractivity contribution in [3.05, 3.63) is 58.7 Å². The van der Waals surface area contributed by atoms with Gasteiger partial charge in [0.2, 0.25) is 11.8 Å². The second-order valence-electron chi connectivity index (χ2n) is 6.53. The standard InChI is InChI=1S/C19H21ClN4O2/c1-24(2)19(26)15(10-12-6-4-3-5-7-12)22-18(25)14-11-13-8-9-16(20)23-17(13)21-14/h3-9,14-15H,10-11H2,1-2H3,(H,21,23)(H,22,25)/t14?,15-/m0/s1. The number of hydrogen-bond donors (Lipinski definition) is 2. The monoisotopic (exact) mass is 372 g/mol. The largest absolute Gasteiger partial charge is 0.358 e. The number of amides is 2. The number of fused-ring (bicyclic) bond motifs is 1. The topological polar surface area (TPSA) is 74.3 Å². The third-order valence-corrected chi connectivity index (χ3v) is 4.54. The maximum absolute atomic E-state index is 12.7. The molecule has 6 nitrogen and oxygen atoms in total. The van der Waals surface area contributed by atoms with Crippen molar-refractivity contribution in [2.75, 3.05) is 19.4 Å². The molecule has 0 aliphatic carbocycles. The number of nitrogens with zero attached hydrogens (tertiary/aromatic N) is 2. The van der Waals surface area contributed by atoms with Crippen LogP contribution in [0.1, 0.15) is 11.1 Å². The molecule has 2 heterocycles. The Morgan fingerprint density at radius 1 is 1.27 bits per heavy atom. The highest BCUT2D eigenvalue weighted by Gasteiger charge is 2.31. The Balaban J connectivity index is 1.70. The van der Waals surface area contributed by atoms with Crippen molar-refractivity contribution >= 4 is 29.2 Å². The number of pyridine rings is 1. The molecule has 1 unspecified atom stereocenters. The lowest BCUT2D eigenvalue weighted by molar-refractivity contribution is -0.134. The summed E-state index contributed by atoms with van der Waals surface area (Å²) in [5, 5.41) is 6.34. The molecule has 1 aromatic carbocycles. The van der Waals surface area contributed by atoms with Gasteiger partial charge in [0.05, 0.1) is 0 Å². The van der Waals surface area contributed by atoms with Gasteiger partial charge in [0.25, 0.3) is 0 Å². The van der Waals surface area contributed by atoms with Crippen LogP contribution < -0.4 is 10.6 Å². The van der Waals surface area contributed by atoms with Crippen molar-refractivity contribution in [3.8, 4) is 0 Å². The second kappa shape index (κ2) is 7.74. The molecule has 1 aromatic heterocycles. The Hall–Kier alpha value is -2.60. The number of anilines is 1. The summed E-state index contributed by atoms with van der Waals surface area (Å²) in [7, 11) is 3.37. The normalized spacial score (nSPS) is 16.3. The van der Waals surface area contributed by atoms with Gasteiger partial charge in [0.15, 0.2) is 0 Å². The van der Waals surface area contributed by atoms with E-state index in [4.69, 9.17) is 11.6 Å². The summed E-state index contributed by atoms with van der Waals surface area (Å²) >= 11 is 5.90. The third kappa shape index (κ3) is 4.14. The van der Waals surface area contributed by atoms with Crippen LogP contribution >= 0.6 is 11.6 Å². The Morgan fingerprint density at radius 2 is 2.00 bits per heavy atom. The van der Waals surface area contributed by atoms with E-state index in [1.807, 2.05) is 36.4 Å². The minimum absolute atomic E-state index is 0.140. The van der Waals surface area contributed by atoms with Gasteiger partial charge in [-0.15, -0.1) is 0 Å². The van der Waals surface area contributed by atoms with Crippen LogP contribution in [0.4, 0.5) is 5.82 Å². The number of carbonyl (C=O) groups is 2. The summed E-state index contributed by atoms with van der Waals surface area (Å²) < 4.78 is 0. The number of rotatable bonds is 5. The van der Waals surface area contributed by atoms with Crippen molar-refractivity contribution in [2.24, 2.45) is 0 Å². The van der Waals surface area contributed by atoms with Crippen LogP contribution in [-0.4, -0.2) is 47.9 Å². The van der Waals surface area contributed by atoms with Gasteiger partial charge in [-0.3, -0.25) is 9.59 Å². The molecule has 2 atom stereocenters. The molecule has 2 aromatic rings. The zero-order valence-corrected chi connectivity index (χ0v) is 15.5. The van der Waals surface area contributed by atoms with Gasteiger partial charge in [0, 0.05) is 26.9 Å². The van der Waals surface area contributed by atoms with Gasteiger partial charge in [-0.25, -0.2) is 4.98 Å². The van der Waals surface area contributed by atoms with Gasteiger partial charge < -0.3 is 15.5 Å². The molecule has 0 saturated carbocycles. The first-order valence-corrected chi connectivity index (χ1v) is 8.79. The van der Waals surface area contributed by atoms with Crippen LogP contribution in [0.3, 0.4) is 0 Å². The lowest BCUT2D eigenvalue weighted by atomic mass is 10.0. The lowest BCUT2D eigenvalue weighted by Gasteiger charge is -2.23. The van der Waals surface area contributed by atoms with E-state index in [0.717, 1.165) is 11.1 Å². The number of carbonyl (C=O) groups excluding carboxylic acids is 2. The Kier molecular flexibility index (Phi) is 5.42. The van der Waals surface area contributed by atoms with Crippen molar-refractivity contribution in [1.82, 2.24) is 15.2 Å². The first-order chi connectivity index (χ1) is 12.4. The molecule has 2 amide bonds. The molecule has 0 saturated heterocycles. The summed E-state index contributed by atoms with van der Waals surface area (Å²) in [6.45, 7) is 0. The smallest absolute Gasteiger partial charge is 0.244 e. The van der Waals surface area contributed by atoms with Crippen LogP contribution in [-0.2, 0) is 22.4 Å². The molecule has 2 N–H and O–H groups in total. The van der Waals surface area contributed by atoms with E-state index < -0.39 is 12.1 Å². The zero-order valence-electron chi connectivity index (χ0n) is 14.7. The highest BCUT2D eigenvalue weighted by molar-refractivity contribution is 6.29. The van der Waals surface area contributed by atoms with E-state index in [1.165, 1.54) is 4.90 Å². The van der Waals surface area contributed by atoms with Crippen LogP contribution in [0.25, 0.3) is 0 Å². The van der Waals surface area contributed by atoms with Crippen molar-refractivity contribution in [1.29, 1.82) is 0 Å². The molecule has 0 spiro atoms. The first kappa shape index (κ1) is 18.2.